The first-order chi connectivity index (χ1) is 20.0. The fraction of sp³-hybridized carbons (Fsp3) is 0.467. The SMILES string of the molecule is CC(C)(C)OC(=O)NCCN(CCNC(=O)O)C(=O)CCOCCNC(=O)OCC1c2ccccc2-c2ccccc21. The fourth-order valence-electron chi connectivity index (χ4n) is 4.56. The standard InChI is InChI=1S/C30H40N4O8/c1-30(2,3)42-29(39)32-14-17-34(16-13-31-27(36)37)26(35)12-18-40-19-15-33-28(38)41-20-25-23-10-6-4-8-21(23)22-9-5-7-11-24(22)25/h4-11,25,31H,12-20H2,1-3H3,(H,32,39)(H,33,38)(H,36,37). The number of nitrogens with zero attached hydrogens (tertiary/aromatic N) is 1. The summed E-state index contributed by atoms with van der Waals surface area (Å²) < 4.78 is 16.2. The van der Waals surface area contributed by atoms with Crippen molar-refractivity contribution in [1.82, 2.24) is 20.9 Å². The van der Waals surface area contributed by atoms with Crippen LogP contribution in [0.1, 0.15) is 44.2 Å². The molecule has 4 amide bonds. The van der Waals surface area contributed by atoms with E-state index in [0.29, 0.717) is 0 Å². The van der Waals surface area contributed by atoms with Gasteiger partial charge in [0.1, 0.15) is 12.2 Å². The monoisotopic (exact) mass is 584 g/mol. The molecule has 0 radical (unpaired) electrons. The Kier molecular flexibility index (Phi) is 12.0. The van der Waals surface area contributed by atoms with Gasteiger partial charge in [-0.25, -0.2) is 14.4 Å². The zero-order valence-corrected chi connectivity index (χ0v) is 24.3. The Bertz CT molecular complexity index is 1180. The number of amides is 4. The third-order valence-corrected chi connectivity index (χ3v) is 6.38. The average Bonchev–Trinajstić information content (AvgIpc) is 3.25. The lowest BCUT2D eigenvalue weighted by Gasteiger charge is -2.24. The summed E-state index contributed by atoms with van der Waals surface area (Å²) >= 11 is 0. The van der Waals surface area contributed by atoms with Crippen molar-refractivity contribution in [1.29, 1.82) is 0 Å². The van der Waals surface area contributed by atoms with Gasteiger partial charge in [-0.15, -0.1) is 0 Å². The number of hydrogen-bond donors (Lipinski definition) is 4. The highest BCUT2D eigenvalue weighted by molar-refractivity contribution is 5.79. The van der Waals surface area contributed by atoms with Crippen molar-refractivity contribution in [3.8, 4) is 11.1 Å². The summed E-state index contributed by atoms with van der Waals surface area (Å²) in [5.41, 5.74) is 3.92. The van der Waals surface area contributed by atoms with Crippen LogP contribution in [0.25, 0.3) is 11.1 Å². The second-order valence-corrected chi connectivity index (χ2v) is 10.7. The van der Waals surface area contributed by atoms with E-state index in [4.69, 9.17) is 19.3 Å². The molecule has 1 aliphatic rings. The molecule has 42 heavy (non-hydrogen) atoms. The minimum atomic E-state index is -1.19. The molecule has 0 fully saturated rings. The molecule has 0 unspecified atom stereocenters. The van der Waals surface area contributed by atoms with Gasteiger partial charge in [-0.05, 0) is 43.0 Å². The number of benzene rings is 2. The van der Waals surface area contributed by atoms with E-state index in [1.807, 2.05) is 24.3 Å². The van der Waals surface area contributed by atoms with Crippen LogP contribution in [-0.2, 0) is 19.0 Å². The van der Waals surface area contributed by atoms with Crippen molar-refractivity contribution in [3.05, 3.63) is 59.7 Å². The van der Waals surface area contributed by atoms with E-state index in [0.717, 1.165) is 22.3 Å². The summed E-state index contributed by atoms with van der Waals surface area (Å²) in [6.45, 7) is 6.41. The molecule has 2 aromatic rings. The van der Waals surface area contributed by atoms with E-state index in [2.05, 4.69) is 40.2 Å². The number of ether oxygens (including phenoxy) is 3. The van der Waals surface area contributed by atoms with E-state index in [1.54, 1.807) is 20.8 Å². The van der Waals surface area contributed by atoms with Gasteiger partial charge in [-0.3, -0.25) is 4.79 Å². The molecule has 4 N–H and O–H groups in total. The predicted octanol–water partition coefficient (Wildman–Crippen LogP) is 3.55. The molecule has 12 nitrogen and oxygen atoms in total. The maximum absolute atomic E-state index is 12.7. The largest absolute Gasteiger partial charge is 0.465 e. The third-order valence-electron chi connectivity index (χ3n) is 6.38. The fourth-order valence-corrected chi connectivity index (χ4v) is 4.56. The lowest BCUT2D eigenvalue weighted by molar-refractivity contribution is -0.132. The normalized spacial score (nSPS) is 12.1. The molecule has 0 atom stereocenters. The van der Waals surface area contributed by atoms with Crippen LogP contribution in [0.5, 0.6) is 0 Å². The minimum absolute atomic E-state index is 0.0293. The zero-order valence-electron chi connectivity index (χ0n) is 24.3. The first-order valence-corrected chi connectivity index (χ1v) is 13.9. The van der Waals surface area contributed by atoms with Crippen LogP contribution in [0.2, 0.25) is 0 Å². The smallest absolute Gasteiger partial charge is 0.407 e. The van der Waals surface area contributed by atoms with Crippen molar-refractivity contribution in [2.24, 2.45) is 0 Å². The second kappa shape index (κ2) is 15.6. The van der Waals surface area contributed by atoms with Gasteiger partial charge in [0.25, 0.3) is 0 Å². The van der Waals surface area contributed by atoms with Gasteiger partial charge < -0.3 is 40.2 Å². The Balaban J connectivity index is 1.34. The highest BCUT2D eigenvalue weighted by Gasteiger charge is 2.29. The van der Waals surface area contributed by atoms with Crippen LogP contribution in [0.3, 0.4) is 0 Å². The quantitative estimate of drug-likeness (QED) is 0.246. The van der Waals surface area contributed by atoms with Crippen LogP contribution in [0, 0.1) is 0 Å². The molecule has 0 heterocycles. The Hall–Kier alpha value is -4.32. The van der Waals surface area contributed by atoms with Gasteiger partial charge in [0, 0.05) is 38.6 Å². The second-order valence-electron chi connectivity index (χ2n) is 10.7. The third kappa shape index (κ3) is 10.3. The molecule has 2 aromatic carbocycles. The summed E-state index contributed by atoms with van der Waals surface area (Å²) in [7, 11) is 0. The minimum Gasteiger partial charge on any atom is -0.465 e. The van der Waals surface area contributed by atoms with Gasteiger partial charge in [-0.1, -0.05) is 48.5 Å². The van der Waals surface area contributed by atoms with Crippen molar-refractivity contribution >= 4 is 24.2 Å². The van der Waals surface area contributed by atoms with Gasteiger partial charge in [0.15, 0.2) is 0 Å². The molecule has 0 spiro atoms. The number of fused-ring (bicyclic) bond motifs is 3. The lowest BCUT2D eigenvalue weighted by Crippen LogP contribution is -2.43. The Morgan fingerprint density at radius 1 is 0.810 bits per heavy atom. The molecule has 0 aliphatic heterocycles. The number of carboxylic acid groups (broad SMARTS) is 1. The molecular weight excluding hydrogens is 544 g/mol. The maximum atomic E-state index is 12.7. The predicted molar refractivity (Wildman–Crippen MR) is 155 cm³/mol. The van der Waals surface area contributed by atoms with Crippen molar-refractivity contribution in [3.63, 3.8) is 0 Å². The van der Waals surface area contributed by atoms with E-state index in [1.165, 1.54) is 4.90 Å². The van der Waals surface area contributed by atoms with Crippen LogP contribution < -0.4 is 16.0 Å². The highest BCUT2D eigenvalue weighted by atomic mass is 16.6. The van der Waals surface area contributed by atoms with E-state index in [-0.39, 0.29) is 70.8 Å². The Morgan fingerprint density at radius 2 is 1.38 bits per heavy atom. The van der Waals surface area contributed by atoms with Gasteiger partial charge in [0.05, 0.1) is 19.6 Å². The number of alkyl carbamates (subject to hydrolysis) is 2. The van der Waals surface area contributed by atoms with Crippen molar-refractivity contribution in [2.45, 2.75) is 38.7 Å². The zero-order chi connectivity index (χ0) is 30.5. The van der Waals surface area contributed by atoms with E-state index < -0.39 is 23.9 Å². The topological polar surface area (TPSA) is 156 Å². The Morgan fingerprint density at radius 3 is 1.98 bits per heavy atom. The molecule has 3 rings (SSSR count). The number of hydrogen-bond acceptors (Lipinski definition) is 7. The molecule has 0 saturated carbocycles. The van der Waals surface area contributed by atoms with Crippen LogP contribution in [0.4, 0.5) is 14.4 Å². The van der Waals surface area contributed by atoms with E-state index in [9.17, 15) is 19.2 Å². The van der Waals surface area contributed by atoms with Gasteiger partial charge in [-0.2, -0.15) is 0 Å². The molecule has 12 heteroatoms. The van der Waals surface area contributed by atoms with E-state index >= 15 is 0 Å². The van der Waals surface area contributed by atoms with Gasteiger partial charge >= 0.3 is 18.3 Å². The van der Waals surface area contributed by atoms with Crippen molar-refractivity contribution < 1.29 is 38.5 Å². The van der Waals surface area contributed by atoms with Crippen LogP contribution >= 0.6 is 0 Å². The first-order valence-electron chi connectivity index (χ1n) is 13.9. The summed E-state index contributed by atoms with van der Waals surface area (Å²) in [4.78, 5) is 49.0. The Labute approximate surface area is 245 Å². The number of carbonyl (C=O) groups excluding carboxylic acids is 3. The molecule has 0 aromatic heterocycles. The number of carbonyl (C=O) groups is 4. The average molecular weight is 585 g/mol. The summed E-state index contributed by atoms with van der Waals surface area (Å²) in [6.07, 6.45) is -2.30. The maximum Gasteiger partial charge on any atom is 0.407 e. The number of rotatable bonds is 14. The summed E-state index contributed by atoms with van der Waals surface area (Å²) in [5.74, 6) is -0.295. The van der Waals surface area contributed by atoms with Crippen LogP contribution in [0.15, 0.2) is 48.5 Å². The molecule has 1 aliphatic carbocycles. The van der Waals surface area contributed by atoms with Crippen molar-refractivity contribution in [2.75, 3.05) is 52.5 Å². The first kappa shape index (κ1) is 32.2. The summed E-state index contributed by atoms with van der Waals surface area (Å²) in [6, 6.07) is 16.2. The number of nitrogens with one attached hydrogen (secondary N) is 3. The summed E-state index contributed by atoms with van der Waals surface area (Å²) in [5, 5.41) is 16.3. The molecule has 228 valence electrons. The highest BCUT2D eigenvalue weighted by Crippen LogP contribution is 2.44. The molecular formula is C30H40N4O8. The van der Waals surface area contributed by atoms with Gasteiger partial charge in [0.2, 0.25) is 5.91 Å². The van der Waals surface area contributed by atoms with Crippen LogP contribution in [-0.4, -0.2) is 92.3 Å². The molecule has 0 saturated heterocycles. The molecule has 0 bridgehead atoms. The lowest BCUT2D eigenvalue weighted by atomic mass is 9.98.